The molecule has 5 heteroatoms. The highest BCUT2D eigenvalue weighted by molar-refractivity contribution is 5.87. The van der Waals surface area contributed by atoms with Crippen molar-refractivity contribution < 1.29 is 9.90 Å². The molecule has 1 N–H and O–H groups in total. The highest BCUT2D eigenvalue weighted by Crippen LogP contribution is 2.28. The second-order valence-electron chi connectivity index (χ2n) is 6.54. The van der Waals surface area contributed by atoms with Crippen molar-refractivity contribution >= 4 is 5.97 Å². The van der Waals surface area contributed by atoms with E-state index in [0.717, 1.165) is 56.8 Å². The molecular weight excluding hydrogens is 302 g/mol. The number of imidazole rings is 1. The number of aryl methyl sites for hydroxylation is 1. The van der Waals surface area contributed by atoms with Gasteiger partial charge in [-0.15, -0.1) is 0 Å². The first kappa shape index (κ1) is 16.7. The third-order valence-corrected chi connectivity index (χ3v) is 4.74. The monoisotopic (exact) mass is 327 g/mol. The van der Waals surface area contributed by atoms with Crippen molar-refractivity contribution in [2.75, 3.05) is 13.1 Å². The van der Waals surface area contributed by atoms with Crippen LogP contribution in [0.15, 0.2) is 36.7 Å². The standard InChI is InChI=1S/C19H25N3O2/c1-2-9-22-11-8-20-18(22)14-21-10-4-7-17(13-21)15-5-3-6-16(12-15)19(23)24/h3,5-6,8,11-12,17H,2,4,7,9-10,13-14H2,1H3,(H,23,24). The van der Waals surface area contributed by atoms with Gasteiger partial charge >= 0.3 is 5.97 Å². The largest absolute Gasteiger partial charge is 0.478 e. The number of piperidine rings is 1. The van der Waals surface area contributed by atoms with Crippen molar-refractivity contribution in [2.24, 2.45) is 0 Å². The molecule has 128 valence electrons. The Kier molecular flexibility index (Phi) is 5.30. The van der Waals surface area contributed by atoms with Crippen LogP contribution < -0.4 is 0 Å². The highest BCUT2D eigenvalue weighted by atomic mass is 16.4. The zero-order valence-electron chi connectivity index (χ0n) is 14.2. The summed E-state index contributed by atoms with van der Waals surface area (Å²) in [6.07, 6.45) is 7.28. The normalized spacial score (nSPS) is 18.6. The SMILES string of the molecule is CCCn1ccnc1CN1CCCC(c2cccc(C(=O)O)c2)C1. The number of carboxylic acids is 1. The summed E-state index contributed by atoms with van der Waals surface area (Å²) in [5.74, 6) is 0.663. The number of aromatic carboxylic acids is 1. The molecule has 1 unspecified atom stereocenters. The second-order valence-corrected chi connectivity index (χ2v) is 6.54. The highest BCUT2D eigenvalue weighted by Gasteiger charge is 2.23. The maximum absolute atomic E-state index is 11.2. The number of hydrogen-bond acceptors (Lipinski definition) is 3. The third kappa shape index (κ3) is 3.85. The van der Waals surface area contributed by atoms with Gasteiger partial charge in [0, 0.05) is 25.5 Å². The van der Waals surface area contributed by atoms with Gasteiger partial charge in [0.15, 0.2) is 0 Å². The fourth-order valence-corrected chi connectivity index (χ4v) is 3.53. The average molecular weight is 327 g/mol. The Hall–Kier alpha value is -2.14. The summed E-state index contributed by atoms with van der Waals surface area (Å²) in [6.45, 7) is 6.09. The van der Waals surface area contributed by atoms with Gasteiger partial charge in [-0.25, -0.2) is 9.78 Å². The first-order valence-corrected chi connectivity index (χ1v) is 8.73. The van der Waals surface area contributed by atoms with Crippen LogP contribution in [0.2, 0.25) is 0 Å². The van der Waals surface area contributed by atoms with E-state index in [-0.39, 0.29) is 0 Å². The fourth-order valence-electron chi connectivity index (χ4n) is 3.53. The van der Waals surface area contributed by atoms with Gasteiger partial charge in [-0.1, -0.05) is 19.1 Å². The van der Waals surface area contributed by atoms with E-state index in [1.54, 1.807) is 6.07 Å². The van der Waals surface area contributed by atoms with Crippen molar-refractivity contribution in [3.8, 4) is 0 Å². The minimum atomic E-state index is -0.855. The molecule has 1 aliphatic rings. The summed E-state index contributed by atoms with van der Waals surface area (Å²) < 4.78 is 2.23. The van der Waals surface area contributed by atoms with Crippen LogP contribution in [0.3, 0.4) is 0 Å². The lowest BCUT2D eigenvalue weighted by molar-refractivity contribution is 0.0696. The lowest BCUT2D eigenvalue weighted by Crippen LogP contribution is -2.34. The molecule has 1 aliphatic heterocycles. The van der Waals surface area contributed by atoms with E-state index in [1.807, 2.05) is 18.3 Å². The molecule has 0 amide bonds. The van der Waals surface area contributed by atoms with Crippen molar-refractivity contribution in [3.63, 3.8) is 0 Å². The zero-order valence-corrected chi connectivity index (χ0v) is 14.2. The van der Waals surface area contributed by atoms with E-state index in [2.05, 4.69) is 33.6 Å². The Morgan fingerprint density at radius 1 is 1.42 bits per heavy atom. The van der Waals surface area contributed by atoms with E-state index in [9.17, 15) is 9.90 Å². The summed E-state index contributed by atoms with van der Waals surface area (Å²) in [5, 5.41) is 9.19. The summed E-state index contributed by atoms with van der Waals surface area (Å²) in [7, 11) is 0. The lowest BCUT2D eigenvalue weighted by atomic mass is 9.89. The molecule has 1 atom stereocenters. The number of aromatic nitrogens is 2. The molecule has 2 aromatic rings. The summed E-state index contributed by atoms with van der Waals surface area (Å²) in [6, 6.07) is 7.40. The van der Waals surface area contributed by atoms with Gasteiger partial charge in [0.1, 0.15) is 5.82 Å². The minimum Gasteiger partial charge on any atom is -0.478 e. The Balaban J connectivity index is 1.69. The van der Waals surface area contributed by atoms with Crippen molar-refractivity contribution in [1.29, 1.82) is 0 Å². The quantitative estimate of drug-likeness (QED) is 0.884. The molecule has 2 heterocycles. The maximum Gasteiger partial charge on any atom is 0.335 e. The molecule has 1 aromatic heterocycles. The van der Waals surface area contributed by atoms with Crippen LogP contribution in [-0.2, 0) is 13.1 Å². The molecule has 0 spiro atoms. The number of rotatable bonds is 6. The fraction of sp³-hybridized carbons (Fsp3) is 0.474. The molecular formula is C19H25N3O2. The van der Waals surface area contributed by atoms with E-state index in [4.69, 9.17) is 0 Å². The Labute approximate surface area is 142 Å². The molecule has 5 nitrogen and oxygen atoms in total. The summed E-state index contributed by atoms with van der Waals surface area (Å²) in [5.41, 5.74) is 1.51. The Morgan fingerprint density at radius 3 is 3.08 bits per heavy atom. The van der Waals surface area contributed by atoms with Gasteiger partial charge < -0.3 is 9.67 Å². The van der Waals surface area contributed by atoms with Crippen LogP contribution in [0, 0.1) is 0 Å². The Bertz CT molecular complexity index is 695. The van der Waals surface area contributed by atoms with Crippen molar-refractivity contribution in [2.45, 2.75) is 45.2 Å². The van der Waals surface area contributed by atoms with Gasteiger partial charge in [-0.2, -0.15) is 0 Å². The van der Waals surface area contributed by atoms with Crippen LogP contribution in [0.25, 0.3) is 0 Å². The molecule has 0 bridgehead atoms. The molecule has 0 aliphatic carbocycles. The van der Waals surface area contributed by atoms with Crippen LogP contribution in [0.5, 0.6) is 0 Å². The van der Waals surface area contributed by atoms with Crippen LogP contribution in [0.4, 0.5) is 0 Å². The van der Waals surface area contributed by atoms with Gasteiger partial charge in [0.25, 0.3) is 0 Å². The average Bonchev–Trinajstić information content (AvgIpc) is 3.02. The topological polar surface area (TPSA) is 58.4 Å². The zero-order chi connectivity index (χ0) is 16.9. The van der Waals surface area contributed by atoms with Crippen LogP contribution in [0.1, 0.15) is 53.8 Å². The first-order valence-electron chi connectivity index (χ1n) is 8.73. The molecule has 1 aromatic carbocycles. The number of nitrogens with zero attached hydrogens (tertiary/aromatic N) is 3. The molecule has 0 radical (unpaired) electrons. The third-order valence-electron chi connectivity index (χ3n) is 4.74. The number of carboxylic acid groups (broad SMARTS) is 1. The van der Waals surface area contributed by atoms with Gasteiger partial charge in [-0.05, 0) is 49.4 Å². The predicted molar refractivity (Wildman–Crippen MR) is 93.2 cm³/mol. The van der Waals surface area contributed by atoms with Crippen molar-refractivity contribution in [1.82, 2.24) is 14.5 Å². The second kappa shape index (κ2) is 7.62. The van der Waals surface area contributed by atoms with Crippen LogP contribution >= 0.6 is 0 Å². The van der Waals surface area contributed by atoms with Crippen LogP contribution in [-0.4, -0.2) is 38.6 Å². The molecule has 24 heavy (non-hydrogen) atoms. The molecule has 1 fully saturated rings. The van der Waals surface area contributed by atoms with E-state index < -0.39 is 5.97 Å². The molecule has 1 saturated heterocycles. The summed E-state index contributed by atoms with van der Waals surface area (Å²) >= 11 is 0. The summed E-state index contributed by atoms with van der Waals surface area (Å²) in [4.78, 5) is 18.1. The van der Waals surface area contributed by atoms with E-state index in [1.165, 1.54) is 0 Å². The van der Waals surface area contributed by atoms with Gasteiger partial charge in [0.2, 0.25) is 0 Å². The number of benzene rings is 1. The number of hydrogen-bond donors (Lipinski definition) is 1. The number of likely N-dealkylation sites (tertiary alicyclic amines) is 1. The Morgan fingerprint density at radius 2 is 2.29 bits per heavy atom. The maximum atomic E-state index is 11.2. The number of carbonyl (C=O) groups is 1. The van der Waals surface area contributed by atoms with E-state index >= 15 is 0 Å². The minimum absolute atomic E-state index is 0.378. The lowest BCUT2D eigenvalue weighted by Gasteiger charge is -2.33. The molecule has 3 rings (SSSR count). The predicted octanol–water partition coefficient (Wildman–Crippen LogP) is 3.37. The van der Waals surface area contributed by atoms with Gasteiger partial charge in [0.05, 0.1) is 12.1 Å². The first-order chi connectivity index (χ1) is 11.7. The molecule has 0 saturated carbocycles. The van der Waals surface area contributed by atoms with Gasteiger partial charge in [-0.3, -0.25) is 4.90 Å². The van der Waals surface area contributed by atoms with E-state index in [0.29, 0.717) is 11.5 Å². The van der Waals surface area contributed by atoms with Crippen molar-refractivity contribution in [3.05, 3.63) is 53.6 Å². The smallest absolute Gasteiger partial charge is 0.335 e.